The van der Waals surface area contributed by atoms with Gasteiger partial charge >= 0.3 is 6.09 Å². The molecule has 13 nitrogen and oxygen atoms in total. The predicted octanol–water partition coefficient (Wildman–Crippen LogP) is 7.39. The number of nitrogens with zero attached hydrogens (tertiary/aromatic N) is 5. The summed E-state index contributed by atoms with van der Waals surface area (Å²) in [4.78, 5) is 49.2. The summed E-state index contributed by atoms with van der Waals surface area (Å²) in [6, 6.07) is 7.86. The van der Waals surface area contributed by atoms with Gasteiger partial charge in [-0.15, -0.1) is 0 Å². The molecule has 1 N–H and O–H groups in total. The molecule has 1 fully saturated rings. The number of anilines is 2. The quantitative estimate of drug-likeness (QED) is 0.146. The van der Waals surface area contributed by atoms with Crippen molar-refractivity contribution in [3.05, 3.63) is 72.6 Å². The van der Waals surface area contributed by atoms with E-state index in [4.69, 9.17) is 37.4 Å². The van der Waals surface area contributed by atoms with Gasteiger partial charge in [-0.05, 0) is 58.1 Å². The SMILES string of the molecule is COc1cc(OC)c(Cl)c(-c2cc3cnc(Nc4c(C)cccc4[N+](=O)[O-])nc3n(CC3CCN(C(=O)OC(C)(C)C)CC3)c2=O)c1Cl. The van der Waals surface area contributed by atoms with Gasteiger partial charge in [0, 0.05) is 48.9 Å². The Morgan fingerprint density at radius 1 is 1.10 bits per heavy atom. The second kappa shape index (κ2) is 13.9. The monoisotopic (exact) mass is 698 g/mol. The molecule has 1 saturated heterocycles. The summed E-state index contributed by atoms with van der Waals surface area (Å²) in [5.41, 5.74) is 0.386. The number of hydrogen-bond acceptors (Lipinski definition) is 10. The van der Waals surface area contributed by atoms with Crippen molar-refractivity contribution in [2.45, 2.75) is 52.7 Å². The number of nitro groups is 1. The number of piperidine rings is 1. The van der Waals surface area contributed by atoms with Gasteiger partial charge in [0.15, 0.2) is 0 Å². The Hall–Kier alpha value is -4.62. The summed E-state index contributed by atoms with van der Waals surface area (Å²) in [5.74, 6) is 0.599. The number of carbonyl (C=O) groups excluding carboxylic acids is 1. The first kappa shape index (κ1) is 34.7. The summed E-state index contributed by atoms with van der Waals surface area (Å²) < 4.78 is 18.0. The number of fused-ring (bicyclic) bond motifs is 1. The van der Waals surface area contributed by atoms with Crippen molar-refractivity contribution in [2.24, 2.45) is 5.92 Å². The molecule has 4 aromatic rings. The summed E-state index contributed by atoms with van der Waals surface area (Å²) in [6.45, 7) is 8.36. The maximum atomic E-state index is 14.5. The van der Waals surface area contributed by atoms with Crippen molar-refractivity contribution in [1.29, 1.82) is 0 Å². The Morgan fingerprint density at radius 2 is 1.75 bits per heavy atom. The van der Waals surface area contributed by atoms with Crippen LogP contribution in [0.3, 0.4) is 0 Å². The van der Waals surface area contributed by atoms with Gasteiger partial charge in [-0.3, -0.25) is 19.5 Å². The van der Waals surface area contributed by atoms with Crippen molar-refractivity contribution in [1.82, 2.24) is 19.4 Å². The normalized spacial score (nSPS) is 13.8. The second-order valence-corrected chi connectivity index (χ2v) is 13.2. The van der Waals surface area contributed by atoms with Gasteiger partial charge in [0.1, 0.15) is 28.4 Å². The van der Waals surface area contributed by atoms with Crippen LogP contribution < -0.4 is 20.3 Å². The summed E-state index contributed by atoms with van der Waals surface area (Å²) in [6.07, 6.45) is 2.36. The third kappa shape index (κ3) is 7.12. The van der Waals surface area contributed by atoms with Crippen LogP contribution in [0.25, 0.3) is 22.2 Å². The molecule has 2 aromatic heterocycles. The highest BCUT2D eigenvalue weighted by Crippen LogP contribution is 2.45. The Bertz CT molecular complexity index is 1920. The van der Waals surface area contributed by atoms with E-state index < -0.39 is 16.1 Å². The Balaban J connectivity index is 1.61. The smallest absolute Gasteiger partial charge is 0.410 e. The number of carbonyl (C=O) groups is 1. The molecular formula is C33H36Cl2N6O7. The van der Waals surface area contributed by atoms with Crippen LogP contribution in [0.4, 0.5) is 22.1 Å². The standard InChI is InChI=1S/C33H36Cl2N6O7/c1-18-8-7-9-22(41(44)45)28(18)37-31-36-16-20-14-21(25-26(34)23(46-5)15-24(47-6)27(25)35)30(42)40(29(20)38-31)17-19-10-12-39(13-11-19)32(43)48-33(2,3)4/h7-9,14-16,19H,10-13,17H2,1-6H3,(H,36,37,38). The molecule has 15 heteroatoms. The van der Waals surface area contributed by atoms with Gasteiger partial charge in [0.25, 0.3) is 11.2 Å². The number of nitrogens with one attached hydrogen (secondary N) is 1. The number of likely N-dealkylation sites (tertiary alicyclic amines) is 1. The molecule has 2 aromatic carbocycles. The second-order valence-electron chi connectivity index (χ2n) is 12.5. The summed E-state index contributed by atoms with van der Waals surface area (Å²) in [5, 5.41) is 15.5. The van der Waals surface area contributed by atoms with E-state index in [1.807, 2.05) is 20.8 Å². The van der Waals surface area contributed by atoms with Crippen molar-refractivity contribution >= 4 is 57.7 Å². The molecule has 1 aliphatic rings. The highest BCUT2D eigenvalue weighted by Gasteiger charge is 2.29. The number of benzene rings is 2. The topological polar surface area (TPSA) is 151 Å². The molecule has 0 bridgehead atoms. The van der Waals surface area contributed by atoms with Crippen molar-refractivity contribution in [2.75, 3.05) is 32.6 Å². The van der Waals surface area contributed by atoms with Gasteiger partial charge in [0.2, 0.25) is 5.95 Å². The lowest BCUT2D eigenvalue weighted by Crippen LogP contribution is -2.42. The largest absolute Gasteiger partial charge is 0.495 e. The van der Waals surface area contributed by atoms with Crippen molar-refractivity contribution < 1.29 is 23.9 Å². The number of halogens is 2. The molecule has 0 saturated carbocycles. The number of rotatable bonds is 8. The Kier molecular flexibility index (Phi) is 10.0. The van der Waals surface area contributed by atoms with Crippen molar-refractivity contribution in [3.63, 3.8) is 0 Å². The first-order valence-corrected chi connectivity index (χ1v) is 16.0. The van der Waals surface area contributed by atoms with E-state index in [-0.39, 0.29) is 68.6 Å². The van der Waals surface area contributed by atoms with Crippen LogP contribution in [0.1, 0.15) is 39.2 Å². The van der Waals surface area contributed by atoms with Crippen LogP contribution in [-0.4, -0.2) is 63.4 Å². The van der Waals surface area contributed by atoms with Crippen LogP contribution in [0.2, 0.25) is 10.0 Å². The number of amides is 1. The van der Waals surface area contributed by atoms with E-state index in [0.717, 1.165) is 0 Å². The number of ether oxygens (including phenoxy) is 3. The minimum absolute atomic E-state index is 0.00513. The first-order valence-electron chi connectivity index (χ1n) is 15.2. The fourth-order valence-corrected chi connectivity index (χ4v) is 6.36. The molecule has 254 valence electrons. The molecule has 0 radical (unpaired) electrons. The van der Waals surface area contributed by atoms with Gasteiger partial charge in [-0.1, -0.05) is 35.3 Å². The number of hydrogen-bond donors (Lipinski definition) is 1. The zero-order chi connectivity index (χ0) is 34.9. The molecule has 0 spiro atoms. The molecule has 0 atom stereocenters. The average Bonchev–Trinajstić information content (AvgIpc) is 3.03. The zero-order valence-electron chi connectivity index (χ0n) is 27.4. The maximum Gasteiger partial charge on any atom is 0.410 e. The molecule has 48 heavy (non-hydrogen) atoms. The van der Waals surface area contributed by atoms with Crippen LogP contribution in [0.15, 0.2) is 41.3 Å². The summed E-state index contributed by atoms with van der Waals surface area (Å²) in [7, 11) is 2.89. The summed E-state index contributed by atoms with van der Waals surface area (Å²) >= 11 is 13.5. The van der Waals surface area contributed by atoms with Crippen molar-refractivity contribution in [3.8, 4) is 22.6 Å². The molecule has 1 amide bonds. The van der Waals surface area contributed by atoms with Gasteiger partial charge in [-0.2, -0.15) is 4.98 Å². The Labute approximate surface area is 286 Å². The van der Waals surface area contributed by atoms with Gasteiger partial charge in [0.05, 0.1) is 34.8 Å². The van der Waals surface area contributed by atoms with Gasteiger partial charge < -0.3 is 24.4 Å². The predicted molar refractivity (Wildman–Crippen MR) is 184 cm³/mol. The molecule has 5 rings (SSSR count). The highest BCUT2D eigenvalue weighted by molar-refractivity contribution is 6.41. The molecule has 3 heterocycles. The lowest BCUT2D eigenvalue weighted by molar-refractivity contribution is -0.384. The molecule has 1 aliphatic heterocycles. The fraction of sp³-hybridized carbons (Fsp3) is 0.394. The maximum absolute atomic E-state index is 14.5. The third-order valence-corrected chi connectivity index (χ3v) is 8.81. The molecule has 0 unspecified atom stereocenters. The van der Waals surface area contributed by atoms with E-state index in [9.17, 15) is 19.7 Å². The number of pyridine rings is 1. The number of aromatic nitrogens is 3. The lowest BCUT2D eigenvalue weighted by atomic mass is 9.96. The highest BCUT2D eigenvalue weighted by atomic mass is 35.5. The van der Waals surface area contributed by atoms with Crippen LogP contribution in [0, 0.1) is 23.0 Å². The lowest BCUT2D eigenvalue weighted by Gasteiger charge is -2.33. The number of nitro benzene ring substituents is 1. The van der Waals surface area contributed by atoms with Gasteiger partial charge in [-0.25, -0.2) is 9.78 Å². The van der Waals surface area contributed by atoms with E-state index >= 15 is 0 Å². The number of aryl methyl sites for hydroxylation is 1. The average molecular weight is 700 g/mol. The number of para-hydroxylation sites is 1. The minimum Gasteiger partial charge on any atom is -0.495 e. The minimum atomic E-state index is -0.615. The molecule has 0 aliphatic carbocycles. The van der Waals surface area contributed by atoms with Crippen LogP contribution in [-0.2, 0) is 11.3 Å². The fourth-order valence-electron chi connectivity index (χ4n) is 5.65. The number of methoxy groups -OCH3 is 2. The zero-order valence-corrected chi connectivity index (χ0v) is 28.9. The first-order chi connectivity index (χ1) is 22.7. The van der Waals surface area contributed by atoms with E-state index in [0.29, 0.717) is 42.5 Å². The Morgan fingerprint density at radius 3 is 2.33 bits per heavy atom. The van der Waals surface area contributed by atoms with Crippen LogP contribution >= 0.6 is 23.2 Å². The third-order valence-electron chi connectivity index (χ3n) is 8.06. The molecular weight excluding hydrogens is 663 g/mol. The van der Waals surface area contributed by atoms with E-state index in [1.54, 1.807) is 30.0 Å². The van der Waals surface area contributed by atoms with E-state index in [1.165, 1.54) is 37.1 Å². The van der Waals surface area contributed by atoms with Crippen LogP contribution in [0.5, 0.6) is 11.5 Å². The van der Waals surface area contributed by atoms with E-state index in [2.05, 4.69) is 15.3 Å².